The number of nitrogen functional groups attached to an aromatic ring is 2. The Labute approximate surface area is 135 Å². The molecule has 0 spiro atoms. The molecule has 2 aromatic rings. The van der Waals surface area contributed by atoms with E-state index in [0.717, 1.165) is 6.42 Å². The molecule has 2 heterocycles. The van der Waals surface area contributed by atoms with Crippen molar-refractivity contribution in [3.8, 4) is 5.88 Å². The highest BCUT2D eigenvalue weighted by molar-refractivity contribution is 6.29. The van der Waals surface area contributed by atoms with Gasteiger partial charge in [-0.3, -0.25) is 0 Å². The van der Waals surface area contributed by atoms with Crippen molar-refractivity contribution in [1.82, 2.24) is 9.97 Å². The van der Waals surface area contributed by atoms with Crippen LogP contribution in [0.3, 0.4) is 0 Å². The zero-order valence-corrected chi connectivity index (χ0v) is 13.5. The zero-order chi connectivity index (χ0) is 16.4. The normalized spacial score (nSPS) is 11.2. The van der Waals surface area contributed by atoms with E-state index in [4.69, 9.17) is 32.5 Å². The molecule has 0 saturated heterocycles. The van der Waals surface area contributed by atoms with Crippen molar-refractivity contribution >= 4 is 23.0 Å². The van der Waals surface area contributed by atoms with Gasteiger partial charge in [0.25, 0.3) is 0 Å². The van der Waals surface area contributed by atoms with Gasteiger partial charge in [0.2, 0.25) is 5.88 Å². The number of nitrogens with zero attached hydrogens (tertiary/aromatic N) is 2. The van der Waals surface area contributed by atoms with Crippen molar-refractivity contribution in [2.75, 3.05) is 25.2 Å². The molecule has 0 radical (unpaired) electrons. The molecule has 0 amide bonds. The Balaban J connectivity index is 0.000000255. The summed E-state index contributed by atoms with van der Waals surface area (Å²) in [6, 6.07) is 6.72. The fourth-order valence-electron chi connectivity index (χ4n) is 1.37. The predicted octanol–water partition coefficient (Wildman–Crippen LogP) is 2.78. The van der Waals surface area contributed by atoms with E-state index in [1.807, 2.05) is 6.92 Å². The van der Waals surface area contributed by atoms with Crippen LogP contribution in [0.1, 0.15) is 13.3 Å². The van der Waals surface area contributed by atoms with Crippen LogP contribution in [-0.2, 0) is 4.74 Å². The van der Waals surface area contributed by atoms with Crippen LogP contribution in [0.4, 0.5) is 11.4 Å². The summed E-state index contributed by atoms with van der Waals surface area (Å²) >= 11 is 5.45. The summed E-state index contributed by atoms with van der Waals surface area (Å²) < 4.78 is 10.5. The van der Waals surface area contributed by atoms with Crippen LogP contribution >= 0.6 is 11.6 Å². The summed E-state index contributed by atoms with van der Waals surface area (Å²) in [6.07, 6.45) is 4.24. The van der Waals surface area contributed by atoms with E-state index in [1.165, 1.54) is 0 Å². The number of rotatable bonds is 5. The van der Waals surface area contributed by atoms with E-state index >= 15 is 0 Å². The molecule has 0 aliphatic carbocycles. The molecule has 120 valence electrons. The second-order valence-corrected chi connectivity index (χ2v) is 4.91. The molecule has 1 atom stereocenters. The summed E-state index contributed by atoms with van der Waals surface area (Å²) in [5, 5.41) is 0.435. The van der Waals surface area contributed by atoms with Gasteiger partial charge >= 0.3 is 0 Å². The molecule has 1 unspecified atom stereocenters. The highest BCUT2D eigenvalue weighted by Gasteiger charge is 2.00. The fourth-order valence-corrected chi connectivity index (χ4v) is 1.55. The van der Waals surface area contributed by atoms with Gasteiger partial charge in [-0.2, -0.15) is 0 Å². The molecule has 4 N–H and O–H groups in total. The third-order valence-electron chi connectivity index (χ3n) is 2.69. The molecular weight excluding hydrogens is 304 g/mol. The van der Waals surface area contributed by atoms with Crippen LogP contribution in [-0.4, -0.2) is 29.8 Å². The SMILES string of the molecule is COC(C)CCOc1cc(N)ccn1.Nc1ccnc(Cl)c1. The van der Waals surface area contributed by atoms with Gasteiger partial charge in [-0.15, -0.1) is 0 Å². The third-order valence-corrected chi connectivity index (χ3v) is 2.89. The lowest BCUT2D eigenvalue weighted by Crippen LogP contribution is -2.10. The largest absolute Gasteiger partial charge is 0.478 e. The molecule has 0 aliphatic heterocycles. The molecule has 0 fully saturated rings. The second-order valence-electron chi connectivity index (χ2n) is 4.52. The quantitative estimate of drug-likeness (QED) is 0.821. The fraction of sp³-hybridized carbons (Fsp3) is 0.333. The number of halogens is 1. The number of hydrogen-bond donors (Lipinski definition) is 2. The monoisotopic (exact) mass is 324 g/mol. The van der Waals surface area contributed by atoms with E-state index in [9.17, 15) is 0 Å². The lowest BCUT2D eigenvalue weighted by Gasteiger charge is -2.09. The molecule has 2 aromatic heterocycles. The molecular formula is C15H21ClN4O2. The summed E-state index contributed by atoms with van der Waals surface area (Å²) in [4.78, 5) is 7.74. The summed E-state index contributed by atoms with van der Waals surface area (Å²) in [5.41, 5.74) is 12.2. The van der Waals surface area contributed by atoms with Gasteiger partial charge in [0, 0.05) is 43.4 Å². The van der Waals surface area contributed by atoms with Crippen molar-refractivity contribution in [1.29, 1.82) is 0 Å². The predicted molar refractivity (Wildman–Crippen MR) is 88.9 cm³/mol. The maximum atomic E-state index is 5.57. The maximum absolute atomic E-state index is 5.57. The van der Waals surface area contributed by atoms with Crippen molar-refractivity contribution in [2.45, 2.75) is 19.4 Å². The smallest absolute Gasteiger partial charge is 0.215 e. The third kappa shape index (κ3) is 7.66. The van der Waals surface area contributed by atoms with Crippen molar-refractivity contribution < 1.29 is 9.47 Å². The van der Waals surface area contributed by atoms with Crippen LogP contribution in [0.15, 0.2) is 36.7 Å². The first-order valence-electron chi connectivity index (χ1n) is 6.75. The summed E-state index contributed by atoms with van der Waals surface area (Å²) in [7, 11) is 1.68. The zero-order valence-electron chi connectivity index (χ0n) is 12.7. The Bertz CT molecular complexity index is 551. The Morgan fingerprint density at radius 2 is 1.77 bits per heavy atom. The molecule has 7 heteroatoms. The average molecular weight is 325 g/mol. The average Bonchev–Trinajstić information content (AvgIpc) is 2.47. The van der Waals surface area contributed by atoms with Gasteiger partial charge in [0.1, 0.15) is 5.15 Å². The van der Waals surface area contributed by atoms with E-state index < -0.39 is 0 Å². The van der Waals surface area contributed by atoms with Gasteiger partial charge in [-0.1, -0.05) is 11.6 Å². The first-order valence-corrected chi connectivity index (χ1v) is 7.13. The Kier molecular flexibility index (Phi) is 8.03. The summed E-state index contributed by atoms with van der Waals surface area (Å²) in [5.74, 6) is 0.563. The molecule has 0 bridgehead atoms. The Hall–Kier alpha value is -2.05. The highest BCUT2D eigenvalue weighted by Crippen LogP contribution is 2.11. The topological polar surface area (TPSA) is 96.3 Å². The number of aromatic nitrogens is 2. The van der Waals surface area contributed by atoms with Crippen LogP contribution in [0.5, 0.6) is 5.88 Å². The lowest BCUT2D eigenvalue weighted by atomic mass is 10.3. The molecule has 0 saturated carbocycles. The van der Waals surface area contributed by atoms with Crippen molar-refractivity contribution in [3.63, 3.8) is 0 Å². The van der Waals surface area contributed by atoms with Gasteiger partial charge in [-0.25, -0.2) is 9.97 Å². The number of nitrogens with two attached hydrogens (primary N) is 2. The lowest BCUT2D eigenvalue weighted by molar-refractivity contribution is 0.0948. The minimum absolute atomic E-state index is 0.205. The standard InChI is InChI=1S/C10H16N2O2.C5H5ClN2/c1-8(13-2)4-6-14-10-7-9(11)3-5-12-10;6-5-3-4(7)1-2-8-5/h3,5,7-8H,4,6H2,1-2H3,(H2,11,12);1-3H,(H2,7,8). The van der Waals surface area contributed by atoms with Crippen LogP contribution in [0.2, 0.25) is 5.15 Å². The molecule has 2 rings (SSSR count). The van der Waals surface area contributed by atoms with Crippen LogP contribution in [0, 0.1) is 0 Å². The minimum Gasteiger partial charge on any atom is -0.478 e. The first-order chi connectivity index (χ1) is 10.5. The number of ether oxygens (including phenoxy) is 2. The molecule has 6 nitrogen and oxygen atoms in total. The Morgan fingerprint density at radius 1 is 1.14 bits per heavy atom. The number of pyridine rings is 2. The van der Waals surface area contributed by atoms with Crippen molar-refractivity contribution in [2.24, 2.45) is 0 Å². The maximum Gasteiger partial charge on any atom is 0.215 e. The van der Waals surface area contributed by atoms with E-state index in [0.29, 0.717) is 29.0 Å². The number of methoxy groups -OCH3 is 1. The molecule has 0 aromatic carbocycles. The van der Waals surface area contributed by atoms with E-state index in [2.05, 4.69) is 9.97 Å². The highest BCUT2D eigenvalue weighted by atomic mass is 35.5. The van der Waals surface area contributed by atoms with Crippen LogP contribution in [0.25, 0.3) is 0 Å². The molecule has 22 heavy (non-hydrogen) atoms. The summed E-state index contributed by atoms with van der Waals surface area (Å²) in [6.45, 7) is 2.58. The van der Waals surface area contributed by atoms with Crippen LogP contribution < -0.4 is 16.2 Å². The van der Waals surface area contributed by atoms with E-state index in [1.54, 1.807) is 43.8 Å². The first kappa shape index (κ1) is 18.0. The van der Waals surface area contributed by atoms with Gasteiger partial charge in [0.05, 0.1) is 12.7 Å². The second kappa shape index (κ2) is 9.81. The van der Waals surface area contributed by atoms with Gasteiger partial charge < -0.3 is 20.9 Å². The minimum atomic E-state index is 0.205. The number of hydrogen-bond acceptors (Lipinski definition) is 6. The number of anilines is 2. The Morgan fingerprint density at radius 3 is 2.27 bits per heavy atom. The van der Waals surface area contributed by atoms with E-state index in [-0.39, 0.29) is 6.10 Å². The molecule has 0 aliphatic rings. The van der Waals surface area contributed by atoms with Gasteiger partial charge in [0.15, 0.2) is 0 Å². The van der Waals surface area contributed by atoms with Crippen molar-refractivity contribution in [3.05, 3.63) is 41.8 Å². The van der Waals surface area contributed by atoms with Gasteiger partial charge in [-0.05, 0) is 25.1 Å².